The molecule has 108 valence electrons. The van der Waals surface area contributed by atoms with Gasteiger partial charge < -0.3 is 9.13 Å². The van der Waals surface area contributed by atoms with Crippen molar-refractivity contribution < 1.29 is 13.9 Å². The third-order valence-electron chi connectivity index (χ3n) is 5.23. The molecule has 2 unspecified atom stereocenters. The van der Waals surface area contributed by atoms with Crippen LogP contribution in [0.25, 0.3) is 0 Å². The molecule has 4 heterocycles. The highest BCUT2D eigenvalue weighted by molar-refractivity contribution is 6.29. The summed E-state index contributed by atoms with van der Waals surface area (Å²) >= 11 is 5.74. The van der Waals surface area contributed by atoms with E-state index in [1.165, 1.54) is 6.20 Å². The molecule has 4 fully saturated rings. The fourth-order valence-electron chi connectivity index (χ4n) is 4.66. The van der Waals surface area contributed by atoms with Crippen LogP contribution in [0, 0.1) is 17.8 Å². The van der Waals surface area contributed by atoms with Crippen LogP contribution < -0.4 is 0 Å². The van der Waals surface area contributed by atoms with Gasteiger partial charge in [0.15, 0.2) is 0 Å². The number of hydrogen-bond acceptors (Lipinski definition) is 3. The highest BCUT2D eigenvalue weighted by atomic mass is 35.5. The van der Waals surface area contributed by atoms with Gasteiger partial charge in [-0.3, -0.25) is 0 Å². The van der Waals surface area contributed by atoms with Crippen molar-refractivity contribution in [3.8, 4) is 0 Å². The maximum absolute atomic E-state index is 12.3. The van der Waals surface area contributed by atoms with E-state index in [2.05, 4.69) is 4.98 Å². The van der Waals surface area contributed by atoms with Crippen molar-refractivity contribution in [2.24, 2.45) is 17.8 Å². The zero-order chi connectivity index (χ0) is 14.6. The van der Waals surface area contributed by atoms with Crippen LogP contribution >= 0.6 is 11.6 Å². The molecule has 21 heavy (non-hydrogen) atoms. The molecule has 4 bridgehead atoms. The third-order valence-corrected chi connectivity index (χ3v) is 5.45. The average Bonchev–Trinajstić information content (AvgIpc) is 2.41. The molecule has 3 saturated heterocycles. The second kappa shape index (κ2) is 4.72. The van der Waals surface area contributed by atoms with Crippen LogP contribution in [0.2, 0.25) is 5.15 Å². The molecule has 2 atom stereocenters. The lowest BCUT2D eigenvalue weighted by atomic mass is 9.63. The van der Waals surface area contributed by atoms with Gasteiger partial charge in [0.05, 0.1) is 25.2 Å². The van der Waals surface area contributed by atoms with E-state index in [-0.39, 0.29) is 12.1 Å². The lowest BCUT2D eigenvalue weighted by Crippen LogP contribution is -2.69. The van der Waals surface area contributed by atoms with E-state index < -0.39 is 0 Å². The Balaban J connectivity index is 1.50. The van der Waals surface area contributed by atoms with Crippen LogP contribution in [0.1, 0.15) is 23.2 Å². The van der Waals surface area contributed by atoms with E-state index >= 15 is 0 Å². The maximum Gasteiger partial charge on any atom is 0.481 e. The Morgan fingerprint density at radius 3 is 2.57 bits per heavy atom. The SMILES string of the molecule is [B][N+]12CC3CC(C1)C(OC(=O)c1ccc(Cl)nc1)C(C3)C2. The quantitative estimate of drug-likeness (QED) is 0.475. The molecule has 1 aromatic rings. The Hall–Kier alpha value is -1.07. The summed E-state index contributed by atoms with van der Waals surface area (Å²) in [5.74, 6) is 1.23. The lowest BCUT2D eigenvalue weighted by Gasteiger charge is -2.59. The van der Waals surface area contributed by atoms with Crippen molar-refractivity contribution in [1.82, 2.24) is 4.98 Å². The van der Waals surface area contributed by atoms with Crippen molar-refractivity contribution in [2.75, 3.05) is 19.6 Å². The smallest absolute Gasteiger partial charge is 0.458 e. The van der Waals surface area contributed by atoms with E-state index in [1.54, 1.807) is 12.1 Å². The van der Waals surface area contributed by atoms with Gasteiger partial charge in [-0.15, -0.1) is 0 Å². The summed E-state index contributed by atoms with van der Waals surface area (Å²) in [7, 11) is 6.41. The summed E-state index contributed by atoms with van der Waals surface area (Å²) in [5.41, 5.74) is 0.463. The minimum Gasteiger partial charge on any atom is -0.458 e. The number of carbonyl (C=O) groups is 1. The van der Waals surface area contributed by atoms with Gasteiger partial charge in [-0.05, 0) is 25.0 Å². The van der Waals surface area contributed by atoms with Crippen molar-refractivity contribution in [3.05, 3.63) is 29.0 Å². The Bertz CT molecular complexity index is 564. The first kappa shape index (κ1) is 13.6. The molecule has 0 amide bonds. The summed E-state index contributed by atoms with van der Waals surface area (Å²) in [5, 5.41) is 0.378. The van der Waals surface area contributed by atoms with Crippen molar-refractivity contribution in [1.29, 1.82) is 0 Å². The largest absolute Gasteiger partial charge is 0.481 e. The summed E-state index contributed by atoms with van der Waals surface area (Å²) in [6.45, 7) is 2.96. The summed E-state index contributed by atoms with van der Waals surface area (Å²) in [6, 6.07) is 3.27. The van der Waals surface area contributed by atoms with E-state index in [0.717, 1.165) is 32.5 Å². The Labute approximate surface area is 130 Å². The minimum absolute atomic E-state index is 0.0135. The average molecular weight is 304 g/mol. The fraction of sp³-hybridized carbons (Fsp3) is 0.600. The summed E-state index contributed by atoms with van der Waals surface area (Å²) in [4.78, 5) is 16.2. The minimum atomic E-state index is -0.296. The number of carbonyl (C=O) groups excluding carboxylic acids is 1. The molecule has 1 aliphatic carbocycles. The van der Waals surface area contributed by atoms with Gasteiger partial charge in [-0.25, -0.2) is 9.78 Å². The number of pyridine rings is 1. The van der Waals surface area contributed by atoms with Gasteiger partial charge in [0, 0.05) is 24.0 Å². The van der Waals surface area contributed by atoms with Crippen LogP contribution in [0.15, 0.2) is 18.3 Å². The van der Waals surface area contributed by atoms with Gasteiger partial charge in [0.1, 0.15) is 11.3 Å². The first-order chi connectivity index (χ1) is 10.0. The third kappa shape index (κ3) is 2.36. The first-order valence-corrected chi connectivity index (χ1v) is 7.87. The number of esters is 1. The second-order valence-corrected chi connectivity index (χ2v) is 7.25. The number of aromatic nitrogens is 1. The molecular formula is C15H17BClN2O2+. The van der Waals surface area contributed by atoms with E-state index in [0.29, 0.717) is 32.9 Å². The number of nitrogens with zero attached hydrogens (tertiary/aromatic N) is 2. The van der Waals surface area contributed by atoms with Gasteiger partial charge in [0.25, 0.3) is 0 Å². The summed E-state index contributed by atoms with van der Waals surface area (Å²) < 4.78 is 6.49. The predicted octanol–water partition coefficient (Wildman–Crippen LogP) is 1.83. The molecule has 1 aromatic heterocycles. The first-order valence-electron chi connectivity index (χ1n) is 7.50. The van der Waals surface area contributed by atoms with Gasteiger partial charge in [-0.2, -0.15) is 0 Å². The van der Waals surface area contributed by atoms with Crippen LogP contribution in [0.3, 0.4) is 0 Å². The number of rotatable bonds is 2. The highest BCUT2D eigenvalue weighted by Gasteiger charge is 2.55. The van der Waals surface area contributed by atoms with Gasteiger partial charge in [-0.1, -0.05) is 11.6 Å². The van der Waals surface area contributed by atoms with Crippen LogP contribution in [-0.2, 0) is 4.74 Å². The highest BCUT2D eigenvalue weighted by Crippen LogP contribution is 2.47. The standard InChI is InChI=1S/C15H17BClN2O2/c16-19-6-9-3-11(7-19)14(12(4-9)8-19)21-15(20)10-1-2-13(17)18-5-10/h1-2,5,9,11-12,14H,3-4,6-8H2/q+1. The number of quaternary nitrogens is 1. The number of ether oxygens (including phenoxy) is 1. The molecule has 0 spiro atoms. The van der Waals surface area contributed by atoms with Crippen molar-refractivity contribution in [2.45, 2.75) is 18.9 Å². The zero-order valence-corrected chi connectivity index (χ0v) is 12.5. The molecular weight excluding hydrogens is 286 g/mol. The molecule has 5 rings (SSSR count). The molecule has 4 nitrogen and oxygen atoms in total. The van der Waals surface area contributed by atoms with E-state index in [1.807, 2.05) is 0 Å². The van der Waals surface area contributed by atoms with Crippen molar-refractivity contribution in [3.63, 3.8) is 0 Å². The van der Waals surface area contributed by atoms with E-state index in [4.69, 9.17) is 24.3 Å². The molecule has 0 aromatic carbocycles. The molecule has 6 heteroatoms. The topological polar surface area (TPSA) is 39.2 Å². The molecule has 0 N–H and O–H groups in total. The van der Waals surface area contributed by atoms with E-state index in [9.17, 15) is 4.79 Å². The Morgan fingerprint density at radius 1 is 1.29 bits per heavy atom. The Morgan fingerprint density at radius 2 is 2.00 bits per heavy atom. The molecule has 2 radical (unpaired) electrons. The number of halogens is 1. The second-order valence-electron chi connectivity index (χ2n) is 6.86. The molecule has 4 aliphatic rings. The predicted molar refractivity (Wildman–Crippen MR) is 78.8 cm³/mol. The number of piperidine rings is 3. The maximum atomic E-state index is 12.3. The fourth-order valence-corrected chi connectivity index (χ4v) is 4.78. The monoisotopic (exact) mass is 303 g/mol. The normalized spacial score (nSPS) is 40.2. The van der Waals surface area contributed by atoms with Crippen LogP contribution in [-0.4, -0.2) is 49.1 Å². The van der Waals surface area contributed by atoms with Crippen molar-refractivity contribution >= 4 is 25.6 Å². The van der Waals surface area contributed by atoms with Gasteiger partial charge >= 0.3 is 14.0 Å². The van der Waals surface area contributed by atoms with Crippen LogP contribution in [0.4, 0.5) is 0 Å². The number of hydrogen-bond donors (Lipinski definition) is 0. The van der Waals surface area contributed by atoms with Crippen LogP contribution in [0.5, 0.6) is 0 Å². The zero-order valence-electron chi connectivity index (χ0n) is 11.7. The van der Waals surface area contributed by atoms with Gasteiger partial charge in [0.2, 0.25) is 0 Å². The molecule has 1 saturated carbocycles. The summed E-state index contributed by atoms with van der Waals surface area (Å²) in [6.07, 6.45) is 3.77. The lowest BCUT2D eigenvalue weighted by molar-refractivity contribution is -0.852. The Kier molecular flexibility index (Phi) is 3.05. The molecule has 3 aliphatic heterocycles.